The molecule has 0 radical (unpaired) electrons. The smallest absolute Gasteiger partial charge is 0.338 e. The summed E-state index contributed by atoms with van der Waals surface area (Å²) in [6.45, 7) is 1.66. The van der Waals surface area contributed by atoms with Crippen LogP contribution in [0.4, 0.5) is 0 Å². The Morgan fingerprint density at radius 2 is 1.83 bits per heavy atom. The van der Waals surface area contributed by atoms with Gasteiger partial charge in [0.15, 0.2) is 6.61 Å². The van der Waals surface area contributed by atoms with Gasteiger partial charge in [-0.15, -0.1) is 0 Å². The highest BCUT2D eigenvalue weighted by molar-refractivity contribution is 5.91. The summed E-state index contributed by atoms with van der Waals surface area (Å²) in [4.78, 5) is 24.6. The van der Waals surface area contributed by atoms with Crippen molar-refractivity contribution in [2.24, 2.45) is 5.92 Å². The maximum Gasteiger partial charge on any atom is 0.338 e. The van der Waals surface area contributed by atoms with E-state index in [4.69, 9.17) is 4.74 Å². The van der Waals surface area contributed by atoms with E-state index in [1.54, 1.807) is 35.1 Å². The average Bonchev–Trinajstić information content (AvgIpc) is 3.51. The lowest BCUT2D eigenvalue weighted by Gasteiger charge is -2.18. The van der Waals surface area contributed by atoms with Gasteiger partial charge in [-0.25, -0.2) is 9.48 Å². The number of amides is 1. The van der Waals surface area contributed by atoms with Crippen LogP contribution in [0, 0.1) is 12.8 Å². The number of aromatic nitrogens is 2. The van der Waals surface area contributed by atoms with Crippen molar-refractivity contribution >= 4 is 11.9 Å². The molecule has 0 saturated heterocycles. The number of ether oxygens (including phenoxy) is 1. The average molecular weight is 389 g/mol. The Labute approximate surface area is 169 Å². The molecule has 1 aliphatic rings. The van der Waals surface area contributed by atoms with Crippen LogP contribution in [0.25, 0.3) is 5.69 Å². The van der Waals surface area contributed by atoms with Crippen molar-refractivity contribution in [2.45, 2.75) is 25.8 Å². The van der Waals surface area contributed by atoms with Crippen LogP contribution < -0.4 is 5.32 Å². The third-order valence-corrected chi connectivity index (χ3v) is 5.08. The number of hydrogen-bond donors (Lipinski definition) is 1. The van der Waals surface area contributed by atoms with E-state index in [1.165, 1.54) is 0 Å². The molecule has 2 aromatic carbocycles. The maximum atomic E-state index is 12.3. The quantitative estimate of drug-likeness (QED) is 0.627. The molecule has 1 amide bonds. The fourth-order valence-corrected chi connectivity index (χ4v) is 3.37. The van der Waals surface area contributed by atoms with Gasteiger partial charge in [-0.1, -0.05) is 30.3 Å². The first-order chi connectivity index (χ1) is 14.1. The number of benzene rings is 2. The van der Waals surface area contributed by atoms with Crippen LogP contribution in [0.15, 0.2) is 66.9 Å². The van der Waals surface area contributed by atoms with Crippen molar-refractivity contribution in [1.29, 1.82) is 0 Å². The lowest BCUT2D eigenvalue weighted by atomic mass is 10.0. The lowest BCUT2D eigenvalue weighted by Crippen LogP contribution is -2.33. The largest absolute Gasteiger partial charge is 0.452 e. The predicted octanol–water partition coefficient (Wildman–Crippen LogP) is 3.61. The molecule has 1 saturated carbocycles. The minimum Gasteiger partial charge on any atom is -0.452 e. The van der Waals surface area contributed by atoms with Crippen molar-refractivity contribution in [2.75, 3.05) is 6.61 Å². The monoisotopic (exact) mass is 389 g/mol. The van der Waals surface area contributed by atoms with Crippen LogP contribution in [0.2, 0.25) is 0 Å². The Morgan fingerprint density at radius 3 is 2.45 bits per heavy atom. The van der Waals surface area contributed by atoms with Gasteiger partial charge in [-0.3, -0.25) is 4.79 Å². The molecular weight excluding hydrogens is 366 g/mol. The van der Waals surface area contributed by atoms with Crippen LogP contribution in [0.5, 0.6) is 0 Å². The molecule has 1 atom stereocenters. The van der Waals surface area contributed by atoms with Crippen molar-refractivity contribution in [1.82, 2.24) is 15.1 Å². The summed E-state index contributed by atoms with van der Waals surface area (Å²) in [7, 11) is 0. The molecule has 3 aromatic rings. The van der Waals surface area contributed by atoms with Crippen LogP contribution >= 0.6 is 0 Å². The fraction of sp³-hybridized carbons (Fsp3) is 0.261. The van der Waals surface area contributed by atoms with Gasteiger partial charge >= 0.3 is 5.97 Å². The van der Waals surface area contributed by atoms with Crippen LogP contribution in [0.1, 0.15) is 40.5 Å². The van der Waals surface area contributed by atoms with Crippen LogP contribution in [0.3, 0.4) is 0 Å². The fourth-order valence-electron chi connectivity index (χ4n) is 3.37. The molecule has 6 heteroatoms. The van der Waals surface area contributed by atoms with E-state index in [2.05, 4.69) is 10.4 Å². The first kappa shape index (κ1) is 18.9. The van der Waals surface area contributed by atoms with E-state index >= 15 is 0 Å². The minimum atomic E-state index is -0.522. The zero-order valence-corrected chi connectivity index (χ0v) is 16.2. The minimum absolute atomic E-state index is 0.0287. The zero-order chi connectivity index (χ0) is 20.2. The van der Waals surface area contributed by atoms with Crippen molar-refractivity contribution in [3.63, 3.8) is 0 Å². The van der Waals surface area contributed by atoms with Gasteiger partial charge < -0.3 is 10.1 Å². The standard InChI is InChI=1S/C23H23N3O3/c1-16-13-14-24-26(16)20-11-9-19(10-12-20)23(28)29-15-21(27)25-22(18-7-8-18)17-5-3-2-4-6-17/h2-6,9-14,18,22H,7-8,15H2,1H3,(H,25,27). The van der Waals surface area contributed by atoms with Gasteiger partial charge in [0.1, 0.15) is 0 Å². The molecule has 148 valence electrons. The van der Waals surface area contributed by atoms with Crippen molar-refractivity contribution in [3.8, 4) is 5.69 Å². The Balaban J connectivity index is 1.33. The maximum absolute atomic E-state index is 12.3. The summed E-state index contributed by atoms with van der Waals surface area (Å²) < 4.78 is 6.99. The molecule has 1 fully saturated rings. The Morgan fingerprint density at radius 1 is 1.10 bits per heavy atom. The van der Waals surface area contributed by atoms with E-state index in [1.807, 2.05) is 43.3 Å². The van der Waals surface area contributed by atoms with Crippen LogP contribution in [-0.4, -0.2) is 28.3 Å². The summed E-state index contributed by atoms with van der Waals surface area (Å²) in [5, 5.41) is 7.25. The predicted molar refractivity (Wildman–Crippen MR) is 109 cm³/mol. The van der Waals surface area contributed by atoms with E-state index in [9.17, 15) is 9.59 Å². The molecule has 0 aliphatic heterocycles. The van der Waals surface area contributed by atoms with Gasteiger partial charge in [0.25, 0.3) is 5.91 Å². The zero-order valence-electron chi connectivity index (χ0n) is 16.2. The lowest BCUT2D eigenvalue weighted by molar-refractivity contribution is -0.125. The van der Waals surface area contributed by atoms with Gasteiger partial charge in [-0.2, -0.15) is 5.10 Å². The molecule has 1 aliphatic carbocycles. The number of carbonyl (C=O) groups is 2. The molecule has 0 spiro atoms. The summed E-state index contributed by atoms with van der Waals surface area (Å²) in [6, 6.07) is 18.7. The Kier molecular flexibility index (Phi) is 5.42. The third kappa shape index (κ3) is 4.54. The number of carbonyl (C=O) groups excluding carboxylic acids is 2. The summed E-state index contributed by atoms with van der Waals surface area (Å²) in [5.74, 6) is -0.357. The number of aryl methyl sites for hydroxylation is 1. The molecular formula is C23H23N3O3. The molecule has 29 heavy (non-hydrogen) atoms. The van der Waals surface area contributed by atoms with Gasteiger partial charge in [0.05, 0.1) is 17.3 Å². The molecule has 1 N–H and O–H groups in total. The first-order valence-corrected chi connectivity index (χ1v) is 9.74. The second-order valence-corrected chi connectivity index (χ2v) is 7.30. The Bertz CT molecular complexity index is 992. The summed E-state index contributed by atoms with van der Waals surface area (Å²) in [5.41, 5.74) is 3.34. The molecule has 6 nitrogen and oxygen atoms in total. The topological polar surface area (TPSA) is 73.2 Å². The number of rotatable bonds is 7. The normalized spacial score (nSPS) is 14.2. The van der Waals surface area contributed by atoms with Gasteiger partial charge in [0, 0.05) is 11.9 Å². The highest BCUT2D eigenvalue weighted by atomic mass is 16.5. The van der Waals surface area contributed by atoms with E-state index in [0.717, 1.165) is 29.8 Å². The van der Waals surface area contributed by atoms with Crippen LogP contribution in [-0.2, 0) is 9.53 Å². The molecule has 1 unspecified atom stereocenters. The number of nitrogens with zero attached hydrogens (tertiary/aromatic N) is 2. The summed E-state index contributed by atoms with van der Waals surface area (Å²) >= 11 is 0. The molecule has 1 aromatic heterocycles. The highest BCUT2D eigenvalue weighted by Gasteiger charge is 2.33. The SMILES string of the molecule is Cc1ccnn1-c1ccc(C(=O)OCC(=O)NC(c2ccccc2)C2CC2)cc1. The first-order valence-electron chi connectivity index (χ1n) is 9.74. The van der Waals surface area contributed by atoms with E-state index in [-0.39, 0.29) is 18.6 Å². The van der Waals surface area contributed by atoms with Gasteiger partial charge in [0.2, 0.25) is 0 Å². The summed E-state index contributed by atoms with van der Waals surface area (Å²) in [6.07, 6.45) is 3.92. The van der Waals surface area contributed by atoms with Gasteiger partial charge in [-0.05, 0) is 61.6 Å². The van der Waals surface area contributed by atoms with E-state index < -0.39 is 5.97 Å². The second-order valence-electron chi connectivity index (χ2n) is 7.30. The molecule has 4 rings (SSSR count). The van der Waals surface area contributed by atoms with Crippen molar-refractivity contribution < 1.29 is 14.3 Å². The van der Waals surface area contributed by atoms with Crippen molar-refractivity contribution in [3.05, 3.63) is 83.7 Å². The van der Waals surface area contributed by atoms with E-state index in [0.29, 0.717) is 11.5 Å². The Hall–Kier alpha value is -3.41. The number of hydrogen-bond acceptors (Lipinski definition) is 4. The molecule has 1 heterocycles. The third-order valence-electron chi connectivity index (χ3n) is 5.08. The molecule has 0 bridgehead atoms. The number of nitrogens with one attached hydrogen (secondary N) is 1. The highest BCUT2D eigenvalue weighted by Crippen LogP contribution is 2.40. The second kappa shape index (κ2) is 8.31. The number of esters is 1.